The summed E-state index contributed by atoms with van der Waals surface area (Å²) in [7, 11) is 0. The second-order valence-corrected chi connectivity index (χ2v) is 7.38. The first kappa shape index (κ1) is 10.8. The predicted molar refractivity (Wildman–Crippen MR) is 78.0 cm³/mol. The SMILES string of the molecule is ClC1(Cl)C2C3c4ccccc4C(c4ccccc43)C21. The maximum Gasteiger partial charge on any atom is 0.126 e. The van der Waals surface area contributed by atoms with Gasteiger partial charge in [0.2, 0.25) is 0 Å². The van der Waals surface area contributed by atoms with E-state index in [0.717, 1.165) is 0 Å². The summed E-state index contributed by atoms with van der Waals surface area (Å²) in [5.41, 5.74) is 5.76. The molecule has 2 heteroatoms. The quantitative estimate of drug-likeness (QED) is 0.616. The molecular formula is C17H12Cl2. The number of halogens is 2. The third-order valence-corrected chi connectivity index (χ3v) is 6.23. The summed E-state index contributed by atoms with van der Waals surface area (Å²) in [6.45, 7) is 0. The Kier molecular flexibility index (Phi) is 1.81. The van der Waals surface area contributed by atoms with Crippen LogP contribution < -0.4 is 0 Å². The van der Waals surface area contributed by atoms with Crippen molar-refractivity contribution in [2.45, 2.75) is 16.2 Å². The average Bonchev–Trinajstić information content (AvgIpc) is 3.03. The van der Waals surface area contributed by atoms with Gasteiger partial charge in [0.1, 0.15) is 4.33 Å². The van der Waals surface area contributed by atoms with Crippen molar-refractivity contribution in [1.29, 1.82) is 0 Å². The average molecular weight is 287 g/mol. The monoisotopic (exact) mass is 286 g/mol. The van der Waals surface area contributed by atoms with Gasteiger partial charge in [-0.05, 0) is 22.3 Å². The summed E-state index contributed by atoms with van der Waals surface area (Å²) in [6, 6.07) is 17.5. The number of hydrogen-bond donors (Lipinski definition) is 0. The Labute approximate surface area is 122 Å². The van der Waals surface area contributed by atoms with Crippen LogP contribution in [-0.2, 0) is 0 Å². The normalized spacial score (nSPS) is 35.3. The highest BCUT2D eigenvalue weighted by atomic mass is 35.5. The van der Waals surface area contributed by atoms with Crippen LogP contribution in [0.2, 0.25) is 0 Å². The molecule has 0 saturated heterocycles. The van der Waals surface area contributed by atoms with Crippen molar-refractivity contribution in [3.05, 3.63) is 70.8 Å². The molecule has 0 nitrogen and oxygen atoms in total. The largest absolute Gasteiger partial charge is 0.126 e. The summed E-state index contributed by atoms with van der Waals surface area (Å²) >= 11 is 13.2. The third kappa shape index (κ3) is 1.10. The molecule has 4 aliphatic rings. The van der Waals surface area contributed by atoms with Crippen molar-refractivity contribution in [2.24, 2.45) is 11.8 Å². The van der Waals surface area contributed by atoms with Crippen molar-refractivity contribution in [1.82, 2.24) is 0 Å². The molecule has 2 aromatic rings. The Hall–Kier alpha value is -0.980. The number of hydrogen-bond acceptors (Lipinski definition) is 0. The van der Waals surface area contributed by atoms with Crippen LogP contribution in [0.3, 0.4) is 0 Å². The van der Waals surface area contributed by atoms with Crippen LogP contribution in [0.15, 0.2) is 48.5 Å². The Morgan fingerprint density at radius 1 is 0.632 bits per heavy atom. The molecule has 2 bridgehead atoms. The van der Waals surface area contributed by atoms with E-state index in [1.165, 1.54) is 22.3 Å². The van der Waals surface area contributed by atoms with Gasteiger partial charge >= 0.3 is 0 Å². The van der Waals surface area contributed by atoms with Gasteiger partial charge in [0.25, 0.3) is 0 Å². The molecule has 0 radical (unpaired) electrons. The molecule has 2 atom stereocenters. The summed E-state index contributed by atoms with van der Waals surface area (Å²) in [5.74, 6) is 1.56. The van der Waals surface area contributed by atoms with Gasteiger partial charge in [-0.3, -0.25) is 0 Å². The van der Waals surface area contributed by atoms with Gasteiger partial charge in [0.15, 0.2) is 0 Å². The first-order chi connectivity index (χ1) is 9.21. The lowest BCUT2D eigenvalue weighted by Gasteiger charge is -2.39. The van der Waals surface area contributed by atoms with Crippen LogP contribution in [0.1, 0.15) is 34.1 Å². The van der Waals surface area contributed by atoms with E-state index in [4.69, 9.17) is 23.2 Å². The molecule has 0 aromatic heterocycles. The minimum Gasteiger partial charge on any atom is -0.101 e. The number of rotatable bonds is 0. The second kappa shape index (κ2) is 3.19. The van der Waals surface area contributed by atoms with Gasteiger partial charge in [0.05, 0.1) is 0 Å². The third-order valence-electron chi connectivity index (χ3n) is 5.22. The van der Waals surface area contributed by atoms with E-state index >= 15 is 0 Å². The van der Waals surface area contributed by atoms with Crippen LogP contribution >= 0.6 is 23.2 Å². The lowest BCUT2D eigenvalue weighted by molar-refractivity contribution is 0.491. The fraction of sp³-hybridized carbons (Fsp3) is 0.294. The highest BCUT2D eigenvalue weighted by Crippen LogP contribution is 2.77. The standard InChI is InChI=1S/C17H12Cl2/c18-17(19)15-13-9-5-1-2-6-10(9)14(16(15)17)12-8-4-3-7-11(12)13/h1-8,13-16H. The van der Waals surface area contributed by atoms with Crippen molar-refractivity contribution in [2.75, 3.05) is 0 Å². The minimum absolute atomic E-state index is 0.386. The molecule has 6 rings (SSSR count). The van der Waals surface area contributed by atoms with E-state index in [2.05, 4.69) is 48.5 Å². The minimum atomic E-state index is -0.548. The zero-order valence-electron chi connectivity index (χ0n) is 10.2. The molecule has 94 valence electrons. The Balaban J connectivity index is 1.86. The van der Waals surface area contributed by atoms with E-state index in [9.17, 15) is 0 Å². The zero-order valence-corrected chi connectivity index (χ0v) is 11.7. The Morgan fingerprint density at radius 3 is 1.26 bits per heavy atom. The molecule has 2 unspecified atom stereocenters. The van der Waals surface area contributed by atoms with Crippen molar-refractivity contribution in [3.8, 4) is 0 Å². The zero-order chi connectivity index (χ0) is 12.8. The van der Waals surface area contributed by atoms with E-state index in [-0.39, 0.29) is 0 Å². The molecule has 2 aromatic carbocycles. The molecule has 0 N–H and O–H groups in total. The predicted octanol–water partition coefficient (Wildman–Crippen LogP) is 4.70. The van der Waals surface area contributed by atoms with E-state index in [1.54, 1.807) is 0 Å². The number of benzene rings is 2. The topological polar surface area (TPSA) is 0 Å². The Morgan fingerprint density at radius 2 is 0.947 bits per heavy atom. The van der Waals surface area contributed by atoms with Gasteiger partial charge in [-0.1, -0.05) is 48.5 Å². The van der Waals surface area contributed by atoms with Crippen molar-refractivity contribution >= 4 is 23.2 Å². The highest BCUT2D eigenvalue weighted by molar-refractivity contribution is 6.51. The molecule has 0 spiro atoms. The second-order valence-electron chi connectivity index (χ2n) is 5.94. The summed E-state index contributed by atoms with van der Waals surface area (Å²) in [4.78, 5) is 0. The van der Waals surface area contributed by atoms with E-state index in [0.29, 0.717) is 23.7 Å². The molecule has 4 aliphatic carbocycles. The summed E-state index contributed by atoms with van der Waals surface area (Å²) in [5, 5.41) is 0. The number of alkyl halides is 2. The first-order valence-corrected chi connectivity index (χ1v) is 7.52. The highest BCUT2D eigenvalue weighted by Gasteiger charge is 2.73. The van der Waals surface area contributed by atoms with Gasteiger partial charge in [0, 0.05) is 23.7 Å². The van der Waals surface area contributed by atoms with Gasteiger partial charge in [-0.2, -0.15) is 0 Å². The molecule has 1 saturated carbocycles. The molecule has 0 amide bonds. The smallest absolute Gasteiger partial charge is 0.101 e. The fourth-order valence-electron chi connectivity index (χ4n) is 4.50. The summed E-state index contributed by atoms with van der Waals surface area (Å²) in [6.07, 6.45) is 0. The summed E-state index contributed by atoms with van der Waals surface area (Å²) < 4.78 is -0.548. The van der Waals surface area contributed by atoms with Crippen molar-refractivity contribution in [3.63, 3.8) is 0 Å². The van der Waals surface area contributed by atoms with Gasteiger partial charge in [-0.15, -0.1) is 23.2 Å². The van der Waals surface area contributed by atoms with Crippen LogP contribution in [0.4, 0.5) is 0 Å². The van der Waals surface area contributed by atoms with Crippen molar-refractivity contribution < 1.29 is 0 Å². The van der Waals surface area contributed by atoms with Crippen LogP contribution in [0.25, 0.3) is 0 Å². The maximum absolute atomic E-state index is 6.59. The molecule has 0 heterocycles. The van der Waals surface area contributed by atoms with Gasteiger partial charge < -0.3 is 0 Å². The van der Waals surface area contributed by atoms with Gasteiger partial charge in [-0.25, -0.2) is 0 Å². The first-order valence-electron chi connectivity index (χ1n) is 6.76. The van der Waals surface area contributed by atoms with Crippen LogP contribution in [-0.4, -0.2) is 4.33 Å². The molecule has 19 heavy (non-hydrogen) atoms. The Bertz CT molecular complexity index is 598. The lowest BCUT2D eigenvalue weighted by Crippen LogP contribution is -2.26. The van der Waals surface area contributed by atoms with E-state index in [1.807, 2.05) is 0 Å². The molecule has 0 aliphatic heterocycles. The molecule has 1 fully saturated rings. The maximum atomic E-state index is 6.59. The molecular weight excluding hydrogens is 275 g/mol. The van der Waals surface area contributed by atoms with Crippen LogP contribution in [0.5, 0.6) is 0 Å². The van der Waals surface area contributed by atoms with Crippen LogP contribution in [0, 0.1) is 11.8 Å². The fourth-order valence-corrected chi connectivity index (χ4v) is 5.42. The van der Waals surface area contributed by atoms with E-state index < -0.39 is 4.33 Å². The lowest BCUT2D eigenvalue weighted by atomic mass is 9.64.